The highest BCUT2D eigenvalue weighted by atomic mass is 32.2. The summed E-state index contributed by atoms with van der Waals surface area (Å²) in [7, 11) is -3.12. The maximum absolute atomic E-state index is 11.9. The van der Waals surface area contributed by atoms with Crippen LogP contribution in [-0.4, -0.2) is 60.8 Å². The van der Waals surface area contributed by atoms with Crippen LogP contribution in [-0.2, 0) is 21.2 Å². The summed E-state index contributed by atoms with van der Waals surface area (Å²) >= 11 is 0. The largest absolute Gasteiger partial charge is 0.447 e. The van der Waals surface area contributed by atoms with Gasteiger partial charge in [0, 0.05) is 25.5 Å². The van der Waals surface area contributed by atoms with Crippen molar-refractivity contribution in [2.24, 2.45) is 5.92 Å². The molecule has 132 valence electrons. The summed E-state index contributed by atoms with van der Waals surface area (Å²) in [6.45, 7) is 3.32. The van der Waals surface area contributed by atoms with Gasteiger partial charge in [-0.1, -0.05) is 0 Å². The van der Waals surface area contributed by atoms with E-state index in [1.54, 1.807) is 17.3 Å². The van der Waals surface area contributed by atoms with Crippen LogP contribution in [0.2, 0.25) is 0 Å². The number of cyclic esters (lactones) is 1. The lowest BCUT2D eigenvalue weighted by Crippen LogP contribution is -2.38. The Morgan fingerprint density at radius 3 is 2.50 bits per heavy atom. The third kappa shape index (κ3) is 3.51. The van der Waals surface area contributed by atoms with Crippen molar-refractivity contribution < 1.29 is 17.9 Å². The second-order valence-electron chi connectivity index (χ2n) is 6.43. The second kappa shape index (κ2) is 6.64. The predicted molar refractivity (Wildman–Crippen MR) is 88.2 cm³/mol. The molecule has 2 saturated heterocycles. The molecule has 24 heavy (non-hydrogen) atoms. The molecule has 0 aromatic carbocycles. The summed E-state index contributed by atoms with van der Waals surface area (Å²) in [5.41, 5.74) is 0.765. The zero-order valence-corrected chi connectivity index (χ0v) is 14.7. The minimum Gasteiger partial charge on any atom is -0.447 e. The summed E-state index contributed by atoms with van der Waals surface area (Å²) in [6.07, 6.45) is 6.29. The van der Waals surface area contributed by atoms with Gasteiger partial charge in [0.1, 0.15) is 6.61 Å². The first-order valence-electron chi connectivity index (χ1n) is 8.07. The Labute approximate surface area is 141 Å². The Bertz CT molecular complexity index is 716. The van der Waals surface area contributed by atoms with Crippen molar-refractivity contribution >= 4 is 21.9 Å². The van der Waals surface area contributed by atoms with Gasteiger partial charge in [0.15, 0.2) is 5.82 Å². The lowest BCUT2D eigenvalue weighted by Gasteiger charge is -2.30. The number of sulfonamides is 1. The van der Waals surface area contributed by atoms with E-state index >= 15 is 0 Å². The fourth-order valence-electron chi connectivity index (χ4n) is 3.23. The highest BCUT2D eigenvalue weighted by Crippen LogP contribution is 2.28. The van der Waals surface area contributed by atoms with Crippen LogP contribution < -0.4 is 4.90 Å². The number of hydrogen-bond donors (Lipinski definition) is 0. The van der Waals surface area contributed by atoms with Crippen molar-refractivity contribution in [3.05, 3.63) is 18.1 Å². The maximum atomic E-state index is 11.9. The number of ether oxygens (including phenoxy) is 1. The molecule has 1 aromatic rings. The number of carbonyl (C=O) groups is 1. The van der Waals surface area contributed by atoms with E-state index in [1.807, 2.05) is 6.92 Å². The van der Waals surface area contributed by atoms with E-state index in [9.17, 15) is 13.2 Å². The Hall–Kier alpha value is -1.74. The van der Waals surface area contributed by atoms with Gasteiger partial charge in [-0.3, -0.25) is 9.88 Å². The molecule has 1 atom stereocenters. The minimum atomic E-state index is -3.12. The third-order valence-corrected chi connectivity index (χ3v) is 5.89. The Kier molecular flexibility index (Phi) is 4.73. The van der Waals surface area contributed by atoms with Crippen LogP contribution in [0.5, 0.6) is 0 Å². The average Bonchev–Trinajstić information content (AvgIpc) is 2.87. The van der Waals surface area contributed by atoms with Gasteiger partial charge < -0.3 is 4.74 Å². The number of piperidine rings is 1. The van der Waals surface area contributed by atoms with Crippen molar-refractivity contribution in [1.82, 2.24) is 14.3 Å². The first-order chi connectivity index (χ1) is 11.4. The molecule has 0 unspecified atom stereocenters. The summed E-state index contributed by atoms with van der Waals surface area (Å²) < 4.78 is 29.8. The number of aromatic nitrogens is 2. The topological polar surface area (TPSA) is 92.7 Å². The molecule has 8 nitrogen and oxygen atoms in total. The van der Waals surface area contributed by atoms with Crippen LogP contribution in [0.1, 0.15) is 25.5 Å². The van der Waals surface area contributed by atoms with Gasteiger partial charge in [-0.15, -0.1) is 0 Å². The van der Waals surface area contributed by atoms with Gasteiger partial charge in [-0.2, -0.15) is 0 Å². The fraction of sp³-hybridized carbons (Fsp3) is 0.667. The van der Waals surface area contributed by atoms with E-state index in [4.69, 9.17) is 4.74 Å². The van der Waals surface area contributed by atoms with E-state index in [-0.39, 0.29) is 6.04 Å². The van der Waals surface area contributed by atoms with Crippen LogP contribution in [0, 0.1) is 5.92 Å². The first-order valence-corrected chi connectivity index (χ1v) is 9.92. The van der Waals surface area contributed by atoms with E-state index in [2.05, 4.69) is 9.97 Å². The van der Waals surface area contributed by atoms with Gasteiger partial charge >= 0.3 is 6.09 Å². The van der Waals surface area contributed by atoms with E-state index < -0.39 is 16.1 Å². The van der Waals surface area contributed by atoms with Crippen molar-refractivity contribution in [2.75, 3.05) is 30.9 Å². The Balaban J connectivity index is 1.72. The average molecular weight is 354 g/mol. The number of rotatable bonds is 4. The fourth-order valence-corrected chi connectivity index (χ4v) is 4.11. The number of anilines is 1. The van der Waals surface area contributed by atoms with E-state index in [1.165, 1.54) is 10.6 Å². The molecule has 3 heterocycles. The third-order valence-electron chi connectivity index (χ3n) is 4.59. The molecule has 3 rings (SSSR count). The molecule has 9 heteroatoms. The zero-order chi connectivity index (χ0) is 17.3. The summed E-state index contributed by atoms with van der Waals surface area (Å²) in [5.74, 6) is 0.880. The molecule has 2 aliphatic heterocycles. The Morgan fingerprint density at radius 2 is 1.92 bits per heavy atom. The SMILES string of the molecule is C[C@@H]1COC(=O)N1c1nccnc1CC1CCN(S(C)(=O)=O)CC1. The molecule has 0 spiro atoms. The second-order valence-corrected chi connectivity index (χ2v) is 8.41. The smallest absolute Gasteiger partial charge is 0.415 e. The maximum Gasteiger partial charge on any atom is 0.415 e. The quantitative estimate of drug-likeness (QED) is 0.802. The highest BCUT2D eigenvalue weighted by Gasteiger charge is 2.34. The van der Waals surface area contributed by atoms with Crippen molar-refractivity contribution in [3.8, 4) is 0 Å². The lowest BCUT2D eigenvalue weighted by molar-refractivity contribution is 0.179. The molecule has 0 radical (unpaired) electrons. The van der Waals surface area contributed by atoms with Gasteiger partial charge in [0.05, 0.1) is 18.0 Å². The molecule has 0 bridgehead atoms. The van der Waals surface area contributed by atoms with Crippen molar-refractivity contribution in [2.45, 2.75) is 32.2 Å². The van der Waals surface area contributed by atoms with Gasteiger partial charge in [0.2, 0.25) is 10.0 Å². The molecule has 0 saturated carbocycles. The molecule has 2 fully saturated rings. The van der Waals surface area contributed by atoms with Gasteiger partial charge in [-0.05, 0) is 32.1 Å². The molecule has 0 N–H and O–H groups in total. The van der Waals surface area contributed by atoms with Gasteiger partial charge in [0.25, 0.3) is 0 Å². The number of nitrogens with zero attached hydrogens (tertiary/aromatic N) is 4. The summed E-state index contributed by atoms with van der Waals surface area (Å²) in [6, 6.07) is -0.0694. The molecule has 1 aromatic heterocycles. The number of hydrogen-bond acceptors (Lipinski definition) is 6. The number of carbonyl (C=O) groups excluding carboxylic acids is 1. The number of amides is 1. The summed E-state index contributed by atoms with van der Waals surface area (Å²) in [5, 5.41) is 0. The van der Waals surface area contributed by atoms with Crippen LogP contribution in [0.3, 0.4) is 0 Å². The van der Waals surface area contributed by atoms with Crippen LogP contribution in [0.25, 0.3) is 0 Å². The summed E-state index contributed by atoms with van der Waals surface area (Å²) in [4.78, 5) is 22.2. The first kappa shape index (κ1) is 17.1. The van der Waals surface area contributed by atoms with E-state index in [0.717, 1.165) is 18.5 Å². The monoisotopic (exact) mass is 354 g/mol. The minimum absolute atomic E-state index is 0.0694. The van der Waals surface area contributed by atoms with E-state index in [0.29, 0.717) is 37.9 Å². The Morgan fingerprint density at radius 1 is 1.25 bits per heavy atom. The van der Waals surface area contributed by atoms with Crippen LogP contribution >= 0.6 is 0 Å². The molecule has 0 aliphatic carbocycles. The predicted octanol–water partition coefficient (Wildman–Crippen LogP) is 1.04. The van der Waals surface area contributed by atoms with Crippen molar-refractivity contribution in [1.29, 1.82) is 0 Å². The highest BCUT2D eigenvalue weighted by molar-refractivity contribution is 7.88. The van der Waals surface area contributed by atoms with Gasteiger partial charge in [-0.25, -0.2) is 22.5 Å². The zero-order valence-electron chi connectivity index (χ0n) is 13.9. The normalized spacial score (nSPS) is 23.5. The lowest BCUT2D eigenvalue weighted by atomic mass is 9.93. The van der Waals surface area contributed by atoms with Crippen LogP contribution in [0.15, 0.2) is 12.4 Å². The van der Waals surface area contributed by atoms with Crippen LogP contribution in [0.4, 0.5) is 10.6 Å². The van der Waals surface area contributed by atoms with Crippen molar-refractivity contribution in [3.63, 3.8) is 0 Å². The molecule has 1 amide bonds. The molecule has 2 aliphatic rings. The standard InChI is InChI=1S/C15H22N4O4S/c1-11-10-23-15(20)19(11)14-13(16-5-6-17-14)9-12-3-7-18(8-4-12)24(2,21)22/h5-6,11-12H,3-4,7-10H2,1-2H3/t11-/m1/s1. The molecular formula is C15H22N4O4S. The molecular weight excluding hydrogens is 332 g/mol.